The molecule has 6 heteroatoms. The molecule has 1 aromatic carbocycles. The summed E-state index contributed by atoms with van der Waals surface area (Å²) in [6, 6.07) is 3.11. The van der Waals surface area contributed by atoms with E-state index in [1.54, 1.807) is 11.4 Å². The summed E-state index contributed by atoms with van der Waals surface area (Å²) in [5.41, 5.74) is 1.21. The molecular weight excluding hydrogens is 307 g/mol. The highest BCUT2D eigenvalue weighted by Gasteiger charge is 2.20. The number of carbonyl (C=O) groups excluding carboxylic acids is 1. The number of thiophene rings is 1. The molecule has 3 aromatic rings. The van der Waals surface area contributed by atoms with Gasteiger partial charge in [0.2, 0.25) is 0 Å². The molecule has 0 aliphatic rings. The van der Waals surface area contributed by atoms with Crippen molar-refractivity contribution in [2.75, 3.05) is 0 Å². The van der Waals surface area contributed by atoms with Gasteiger partial charge in [-0.15, -0.1) is 0 Å². The first-order chi connectivity index (χ1) is 9.09. The highest BCUT2D eigenvalue weighted by Crippen LogP contribution is 2.40. The van der Waals surface area contributed by atoms with Gasteiger partial charge < -0.3 is 9.52 Å². The lowest BCUT2D eigenvalue weighted by Crippen LogP contribution is -1.97. The van der Waals surface area contributed by atoms with Crippen molar-refractivity contribution in [1.29, 1.82) is 0 Å². The van der Waals surface area contributed by atoms with Crippen LogP contribution in [-0.4, -0.2) is 10.9 Å². The predicted octanol–water partition coefficient (Wildman–Crippen LogP) is 4.74. The maximum absolute atomic E-state index is 12.3. The molecule has 96 valence electrons. The second kappa shape index (κ2) is 4.56. The van der Waals surface area contributed by atoms with Crippen LogP contribution in [0, 0.1) is 0 Å². The highest BCUT2D eigenvalue weighted by atomic mass is 35.5. The van der Waals surface area contributed by atoms with Crippen molar-refractivity contribution < 1.29 is 14.3 Å². The minimum absolute atomic E-state index is 0.0121. The van der Waals surface area contributed by atoms with Crippen molar-refractivity contribution in [2.45, 2.75) is 0 Å². The van der Waals surface area contributed by atoms with Gasteiger partial charge in [0.1, 0.15) is 22.1 Å². The van der Waals surface area contributed by atoms with Crippen molar-refractivity contribution in [1.82, 2.24) is 0 Å². The summed E-state index contributed by atoms with van der Waals surface area (Å²) in [5, 5.41) is 13.8. The molecule has 0 aliphatic carbocycles. The maximum atomic E-state index is 12.3. The number of carbonyl (C=O) groups is 1. The normalized spacial score (nSPS) is 11.1. The number of hydrogen-bond donors (Lipinski definition) is 1. The van der Waals surface area contributed by atoms with Crippen molar-refractivity contribution in [3.63, 3.8) is 0 Å². The third-order valence-corrected chi connectivity index (χ3v) is 4.28. The number of fused-ring (bicyclic) bond motifs is 1. The average molecular weight is 313 g/mol. The summed E-state index contributed by atoms with van der Waals surface area (Å²) >= 11 is 13.2. The first-order valence-corrected chi connectivity index (χ1v) is 6.94. The molecule has 0 radical (unpaired) electrons. The summed E-state index contributed by atoms with van der Waals surface area (Å²) in [6.45, 7) is 0. The van der Waals surface area contributed by atoms with Gasteiger partial charge in [-0.05, 0) is 17.5 Å². The number of benzene rings is 1. The minimum Gasteiger partial charge on any atom is -0.506 e. The van der Waals surface area contributed by atoms with Gasteiger partial charge in [-0.25, -0.2) is 0 Å². The Kier molecular flexibility index (Phi) is 3.01. The number of furan rings is 1. The van der Waals surface area contributed by atoms with E-state index in [0.29, 0.717) is 22.1 Å². The maximum Gasteiger partial charge on any atom is 0.197 e. The number of halogens is 2. The second-order valence-corrected chi connectivity index (χ2v) is 5.43. The van der Waals surface area contributed by atoms with E-state index in [9.17, 15) is 9.90 Å². The van der Waals surface area contributed by atoms with Crippen LogP contribution in [-0.2, 0) is 0 Å². The van der Waals surface area contributed by atoms with Gasteiger partial charge in [-0.1, -0.05) is 23.2 Å². The van der Waals surface area contributed by atoms with Crippen LogP contribution < -0.4 is 0 Å². The minimum atomic E-state index is -0.183. The SMILES string of the molecule is O=C(c1ccsc1)c1coc2c(Cl)c(Cl)c(O)cc12. The molecule has 0 spiro atoms. The monoisotopic (exact) mass is 312 g/mol. The first-order valence-electron chi connectivity index (χ1n) is 5.24. The number of rotatable bonds is 2. The molecule has 0 saturated carbocycles. The molecule has 3 nitrogen and oxygen atoms in total. The smallest absolute Gasteiger partial charge is 0.197 e. The molecule has 19 heavy (non-hydrogen) atoms. The zero-order valence-electron chi connectivity index (χ0n) is 9.31. The third-order valence-electron chi connectivity index (χ3n) is 2.76. The van der Waals surface area contributed by atoms with Crippen LogP contribution in [0.1, 0.15) is 15.9 Å². The Bertz CT molecular complexity index is 775. The zero-order valence-corrected chi connectivity index (χ0v) is 11.6. The van der Waals surface area contributed by atoms with Crippen molar-refractivity contribution in [3.05, 3.63) is 50.3 Å². The number of phenolic OH excluding ortho intramolecular Hbond substituents is 1. The Balaban J connectivity index is 2.24. The van der Waals surface area contributed by atoms with Gasteiger partial charge in [0.25, 0.3) is 0 Å². The van der Waals surface area contributed by atoms with Crippen LogP contribution in [0.2, 0.25) is 10.0 Å². The van der Waals surface area contributed by atoms with E-state index in [2.05, 4.69) is 0 Å². The Labute approximate surface area is 122 Å². The molecule has 2 aromatic heterocycles. The van der Waals surface area contributed by atoms with Gasteiger partial charge in [0.05, 0.1) is 5.56 Å². The van der Waals surface area contributed by atoms with Crippen LogP contribution in [0.3, 0.4) is 0 Å². The molecule has 0 atom stereocenters. The van der Waals surface area contributed by atoms with Gasteiger partial charge in [-0.3, -0.25) is 4.79 Å². The molecule has 0 aliphatic heterocycles. The van der Waals surface area contributed by atoms with E-state index < -0.39 is 0 Å². The largest absolute Gasteiger partial charge is 0.506 e. The fourth-order valence-electron chi connectivity index (χ4n) is 1.82. The molecule has 0 fully saturated rings. The fraction of sp³-hybridized carbons (Fsp3) is 0. The van der Waals surface area contributed by atoms with E-state index in [1.165, 1.54) is 23.7 Å². The van der Waals surface area contributed by atoms with Crippen molar-refractivity contribution in [3.8, 4) is 5.75 Å². The summed E-state index contributed by atoms with van der Waals surface area (Å²) < 4.78 is 5.29. The lowest BCUT2D eigenvalue weighted by atomic mass is 10.1. The quantitative estimate of drug-likeness (QED) is 0.695. The molecule has 0 bridgehead atoms. The van der Waals surface area contributed by atoms with Gasteiger partial charge in [0.15, 0.2) is 11.4 Å². The fourth-order valence-corrected chi connectivity index (χ4v) is 2.84. The molecule has 1 N–H and O–H groups in total. The number of hydrogen-bond acceptors (Lipinski definition) is 4. The van der Waals surface area contributed by atoms with Crippen LogP contribution in [0.25, 0.3) is 11.0 Å². The molecule has 2 heterocycles. The van der Waals surface area contributed by atoms with Crippen LogP contribution in [0.5, 0.6) is 5.75 Å². The Morgan fingerprint density at radius 2 is 2.11 bits per heavy atom. The summed E-state index contributed by atoms with van der Waals surface area (Å²) in [5.74, 6) is -0.363. The standard InChI is InChI=1S/C13H6Cl2O3S/c14-10-9(16)3-7-8(4-18-13(7)11(10)15)12(17)6-1-2-19-5-6/h1-5,16H. The molecule has 3 rings (SSSR count). The molecule has 0 amide bonds. The van der Waals surface area contributed by atoms with E-state index in [-0.39, 0.29) is 21.6 Å². The van der Waals surface area contributed by atoms with E-state index >= 15 is 0 Å². The predicted molar refractivity (Wildman–Crippen MR) is 75.7 cm³/mol. The lowest BCUT2D eigenvalue weighted by molar-refractivity contribution is 0.104. The molecular formula is C13H6Cl2O3S. The zero-order chi connectivity index (χ0) is 13.6. The summed E-state index contributed by atoms with van der Waals surface area (Å²) in [6.07, 6.45) is 1.33. The third kappa shape index (κ3) is 1.92. The Morgan fingerprint density at radius 1 is 1.32 bits per heavy atom. The number of aromatic hydroxyl groups is 1. The topological polar surface area (TPSA) is 50.4 Å². The lowest BCUT2D eigenvalue weighted by Gasteiger charge is -2.01. The van der Waals surface area contributed by atoms with E-state index in [0.717, 1.165) is 0 Å². The van der Waals surface area contributed by atoms with Gasteiger partial charge in [-0.2, -0.15) is 11.3 Å². The van der Waals surface area contributed by atoms with Gasteiger partial charge >= 0.3 is 0 Å². The Morgan fingerprint density at radius 3 is 2.79 bits per heavy atom. The number of ketones is 1. The van der Waals surface area contributed by atoms with Crippen LogP contribution >= 0.6 is 34.5 Å². The molecule has 0 unspecified atom stereocenters. The van der Waals surface area contributed by atoms with Crippen LogP contribution in [0.15, 0.2) is 33.6 Å². The second-order valence-electron chi connectivity index (χ2n) is 3.89. The number of phenols is 1. The highest BCUT2D eigenvalue weighted by molar-refractivity contribution is 7.08. The summed E-state index contributed by atoms with van der Waals surface area (Å²) in [7, 11) is 0. The summed E-state index contributed by atoms with van der Waals surface area (Å²) in [4.78, 5) is 12.3. The average Bonchev–Trinajstić information content (AvgIpc) is 3.04. The molecule has 0 saturated heterocycles. The first kappa shape index (κ1) is 12.5. The Hall–Kier alpha value is -1.49. The van der Waals surface area contributed by atoms with Crippen molar-refractivity contribution in [2.24, 2.45) is 0 Å². The van der Waals surface area contributed by atoms with Crippen LogP contribution in [0.4, 0.5) is 0 Å². The van der Waals surface area contributed by atoms with Gasteiger partial charge in [0, 0.05) is 16.3 Å². The van der Waals surface area contributed by atoms with Crippen molar-refractivity contribution >= 4 is 51.3 Å². The van der Waals surface area contributed by atoms with E-state index in [1.807, 2.05) is 5.38 Å². The van der Waals surface area contributed by atoms with E-state index in [4.69, 9.17) is 27.6 Å².